The summed E-state index contributed by atoms with van der Waals surface area (Å²) >= 11 is 0. The first kappa shape index (κ1) is 38.1. The van der Waals surface area contributed by atoms with Crippen LogP contribution in [0.25, 0.3) is 0 Å². The lowest BCUT2D eigenvalue weighted by Crippen LogP contribution is -2.38. The lowest BCUT2D eigenvalue weighted by atomic mass is 10.1. The summed E-state index contributed by atoms with van der Waals surface area (Å²) < 4.78 is 24.1. The molecule has 0 aliphatic rings. The van der Waals surface area contributed by atoms with Gasteiger partial charge in [-0.3, -0.25) is 13.9 Å². The fourth-order valence-electron chi connectivity index (χ4n) is 5.09. The molecular weight excluding hydrogens is 493 g/mol. The van der Waals surface area contributed by atoms with E-state index in [0.29, 0.717) is 6.61 Å². The van der Waals surface area contributed by atoms with Gasteiger partial charge in [-0.25, -0.2) is 4.57 Å². The highest BCUT2D eigenvalue weighted by atomic mass is 31.2. The van der Waals surface area contributed by atoms with E-state index in [1.165, 1.54) is 116 Å². The standard InChI is InChI=1S/C32H68NO4P/c1-5-9-12-15-18-19-20-21-24-27-31-36-38(34,35)37-32(28-8-4)33(29-25-22-16-13-10-6-2)30-26-23-17-14-11-7-3/h32H,5-31H2,1-4H3,(H,34,35). The van der Waals surface area contributed by atoms with Gasteiger partial charge in [-0.05, 0) is 25.7 Å². The van der Waals surface area contributed by atoms with Crippen LogP contribution in [0.3, 0.4) is 0 Å². The first-order valence-corrected chi connectivity index (χ1v) is 18.4. The molecule has 6 heteroatoms. The molecule has 0 aliphatic carbocycles. The summed E-state index contributed by atoms with van der Waals surface area (Å²) in [6.07, 6.45) is 28.7. The first-order valence-electron chi connectivity index (χ1n) is 16.9. The molecule has 0 bridgehead atoms. The zero-order valence-electron chi connectivity index (χ0n) is 26.2. The van der Waals surface area contributed by atoms with Crippen molar-refractivity contribution < 1.29 is 18.5 Å². The van der Waals surface area contributed by atoms with Crippen molar-refractivity contribution in [2.75, 3.05) is 19.7 Å². The van der Waals surface area contributed by atoms with E-state index >= 15 is 0 Å². The van der Waals surface area contributed by atoms with E-state index in [0.717, 1.165) is 51.6 Å². The second-order valence-corrected chi connectivity index (χ2v) is 12.8. The Morgan fingerprint density at radius 2 is 0.921 bits per heavy atom. The zero-order chi connectivity index (χ0) is 28.2. The monoisotopic (exact) mass is 561 g/mol. The molecule has 1 N–H and O–H groups in total. The van der Waals surface area contributed by atoms with Gasteiger partial charge in [0.25, 0.3) is 0 Å². The van der Waals surface area contributed by atoms with Crippen molar-refractivity contribution in [3.05, 3.63) is 0 Å². The number of phosphoric ester groups is 1. The average molecular weight is 562 g/mol. The SMILES string of the molecule is CCCCCCCCCCCCOP(=O)(O)OC(CCC)N(CCCCCCCC)CCCCCCCC. The summed E-state index contributed by atoms with van der Waals surface area (Å²) in [5, 5.41) is 0. The maximum Gasteiger partial charge on any atom is 0.473 e. The molecule has 2 atom stereocenters. The van der Waals surface area contributed by atoms with Crippen molar-refractivity contribution in [3.8, 4) is 0 Å². The number of phosphoric acid groups is 1. The maximum atomic E-state index is 12.8. The third kappa shape index (κ3) is 25.1. The number of unbranched alkanes of at least 4 members (excludes halogenated alkanes) is 19. The molecule has 0 aromatic carbocycles. The summed E-state index contributed by atoms with van der Waals surface area (Å²) in [7, 11) is -4.06. The molecule has 0 aliphatic heterocycles. The molecule has 0 fully saturated rings. The predicted molar refractivity (Wildman–Crippen MR) is 166 cm³/mol. The van der Waals surface area contributed by atoms with Crippen LogP contribution < -0.4 is 0 Å². The van der Waals surface area contributed by atoms with Crippen LogP contribution in [0.15, 0.2) is 0 Å². The molecular formula is C32H68NO4P. The molecule has 0 spiro atoms. The molecule has 0 saturated heterocycles. The van der Waals surface area contributed by atoms with Gasteiger partial charge in [-0.15, -0.1) is 0 Å². The van der Waals surface area contributed by atoms with E-state index < -0.39 is 7.82 Å². The van der Waals surface area contributed by atoms with Crippen molar-refractivity contribution in [2.24, 2.45) is 0 Å². The van der Waals surface area contributed by atoms with Gasteiger partial charge in [0, 0.05) is 13.1 Å². The van der Waals surface area contributed by atoms with Crippen molar-refractivity contribution in [3.63, 3.8) is 0 Å². The molecule has 230 valence electrons. The Kier molecular flexibility index (Phi) is 28.6. The van der Waals surface area contributed by atoms with Crippen molar-refractivity contribution in [1.82, 2.24) is 4.90 Å². The maximum absolute atomic E-state index is 12.8. The Labute approximate surface area is 238 Å². The molecule has 0 rings (SSSR count). The summed E-state index contributed by atoms with van der Waals surface area (Å²) in [6, 6.07) is 0. The zero-order valence-corrected chi connectivity index (χ0v) is 27.1. The molecule has 38 heavy (non-hydrogen) atoms. The fourth-order valence-corrected chi connectivity index (χ4v) is 6.06. The van der Waals surface area contributed by atoms with Crippen LogP contribution in [0.4, 0.5) is 0 Å². The summed E-state index contributed by atoms with van der Waals surface area (Å²) in [5.41, 5.74) is 0. The van der Waals surface area contributed by atoms with Crippen molar-refractivity contribution in [2.45, 2.75) is 188 Å². The van der Waals surface area contributed by atoms with Gasteiger partial charge in [0.2, 0.25) is 0 Å². The summed E-state index contributed by atoms with van der Waals surface area (Å²) in [5.74, 6) is 0. The quantitative estimate of drug-likeness (QED) is 0.0518. The Morgan fingerprint density at radius 3 is 1.32 bits per heavy atom. The van der Waals surface area contributed by atoms with Crippen LogP contribution >= 0.6 is 7.82 Å². The highest BCUT2D eigenvalue weighted by Crippen LogP contribution is 2.46. The van der Waals surface area contributed by atoms with E-state index in [1.807, 2.05) is 0 Å². The van der Waals surface area contributed by atoms with Gasteiger partial charge in [0.05, 0.1) is 6.61 Å². The van der Waals surface area contributed by atoms with E-state index in [2.05, 4.69) is 32.6 Å². The number of hydrogen-bond acceptors (Lipinski definition) is 4. The fraction of sp³-hybridized carbons (Fsp3) is 1.00. The van der Waals surface area contributed by atoms with E-state index in [4.69, 9.17) is 9.05 Å². The Hall–Kier alpha value is 0.0700. The number of nitrogens with zero attached hydrogens (tertiary/aromatic N) is 1. The van der Waals surface area contributed by atoms with Crippen LogP contribution in [0.2, 0.25) is 0 Å². The second-order valence-electron chi connectivity index (χ2n) is 11.4. The molecule has 0 amide bonds. The average Bonchev–Trinajstić information content (AvgIpc) is 2.89. The normalized spacial score (nSPS) is 14.3. The van der Waals surface area contributed by atoms with Crippen molar-refractivity contribution in [1.29, 1.82) is 0 Å². The molecule has 5 nitrogen and oxygen atoms in total. The third-order valence-corrected chi connectivity index (χ3v) is 8.57. The smallest absolute Gasteiger partial charge is 0.302 e. The van der Waals surface area contributed by atoms with Gasteiger partial charge < -0.3 is 4.89 Å². The van der Waals surface area contributed by atoms with Crippen LogP contribution in [-0.4, -0.2) is 35.7 Å². The number of hydrogen-bond donors (Lipinski definition) is 1. The predicted octanol–water partition coefficient (Wildman–Crippen LogP) is 11.2. The highest BCUT2D eigenvalue weighted by molar-refractivity contribution is 7.47. The van der Waals surface area contributed by atoms with Crippen LogP contribution in [0.5, 0.6) is 0 Å². The van der Waals surface area contributed by atoms with Crippen LogP contribution in [0, 0.1) is 0 Å². The summed E-state index contributed by atoms with van der Waals surface area (Å²) in [6.45, 7) is 11.1. The first-order chi connectivity index (χ1) is 18.5. The Morgan fingerprint density at radius 1 is 0.553 bits per heavy atom. The van der Waals surface area contributed by atoms with E-state index in [-0.39, 0.29) is 6.23 Å². The van der Waals surface area contributed by atoms with E-state index in [9.17, 15) is 9.46 Å². The molecule has 2 unspecified atom stereocenters. The van der Waals surface area contributed by atoms with Gasteiger partial charge in [0.1, 0.15) is 6.23 Å². The summed E-state index contributed by atoms with van der Waals surface area (Å²) in [4.78, 5) is 12.9. The lowest BCUT2D eigenvalue weighted by Gasteiger charge is -2.32. The Balaban J connectivity index is 4.52. The molecule has 0 aromatic rings. The van der Waals surface area contributed by atoms with Gasteiger partial charge in [0.15, 0.2) is 0 Å². The highest BCUT2D eigenvalue weighted by Gasteiger charge is 2.29. The van der Waals surface area contributed by atoms with Crippen LogP contribution in [0.1, 0.15) is 182 Å². The molecule has 0 radical (unpaired) electrons. The van der Waals surface area contributed by atoms with Gasteiger partial charge in [-0.1, -0.05) is 156 Å². The molecule has 0 heterocycles. The minimum atomic E-state index is -4.06. The third-order valence-electron chi connectivity index (χ3n) is 7.55. The number of rotatable bonds is 31. The minimum Gasteiger partial charge on any atom is -0.302 e. The Bertz CT molecular complexity index is 504. The largest absolute Gasteiger partial charge is 0.473 e. The topological polar surface area (TPSA) is 59.0 Å². The van der Waals surface area contributed by atoms with Crippen molar-refractivity contribution >= 4 is 7.82 Å². The molecule has 0 aromatic heterocycles. The van der Waals surface area contributed by atoms with Crippen LogP contribution in [-0.2, 0) is 13.6 Å². The van der Waals surface area contributed by atoms with Gasteiger partial charge >= 0.3 is 7.82 Å². The minimum absolute atomic E-state index is 0.304. The van der Waals surface area contributed by atoms with Gasteiger partial charge in [-0.2, -0.15) is 0 Å². The lowest BCUT2D eigenvalue weighted by molar-refractivity contribution is -0.0124. The molecule has 0 saturated carbocycles. The second kappa shape index (κ2) is 28.6. The van der Waals surface area contributed by atoms with E-state index in [1.54, 1.807) is 0 Å².